The molecule has 1 N–H and O–H groups in total. The maximum Gasteiger partial charge on any atom is 0.254 e. The quantitative estimate of drug-likeness (QED) is 0.861. The molecule has 2 bridgehead atoms. The smallest absolute Gasteiger partial charge is 0.254 e. The van der Waals surface area contributed by atoms with Gasteiger partial charge in [0.1, 0.15) is 5.54 Å². The van der Waals surface area contributed by atoms with Crippen LogP contribution in [0, 0.1) is 0 Å². The zero-order valence-electron chi connectivity index (χ0n) is 15.3. The Bertz CT molecular complexity index is 668. The van der Waals surface area contributed by atoms with Gasteiger partial charge in [-0.25, -0.2) is 0 Å². The van der Waals surface area contributed by atoms with Crippen molar-refractivity contribution in [3.8, 4) is 0 Å². The van der Waals surface area contributed by atoms with Crippen molar-refractivity contribution in [2.75, 3.05) is 19.6 Å². The Morgan fingerprint density at radius 2 is 1.81 bits per heavy atom. The largest absolute Gasteiger partial charge is 0.339 e. The molecule has 0 radical (unpaired) electrons. The first-order valence-electron chi connectivity index (χ1n) is 9.50. The minimum atomic E-state index is -0.712. The number of likely N-dealkylation sites (tertiary alicyclic amines) is 2. The van der Waals surface area contributed by atoms with E-state index in [2.05, 4.69) is 5.32 Å². The molecule has 0 aromatic heterocycles. The fraction of sp³-hybridized carbons (Fsp3) is 0.600. The summed E-state index contributed by atoms with van der Waals surface area (Å²) >= 11 is 0. The third-order valence-electron chi connectivity index (χ3n) is 6.18. The van der Waals surface area contributed by atoms with Crippen molar-refractivity contribution in [2.24, 2.45) is 0 Å². The summed E-state index contributed by atoms with van der Waals surface area (Å²) in [5.74, 6) is 0.104. The van der Waals surface area contributed by atoms with Gasteiger partial charge in [-0.05, 0) is 51.2 Å². The van der Waals surface area contributed by atoms with Crippen LogP contribution in [0.5, 0.6) is 0 Å². The van der Waals surface area contributed by atoms with E-state index in [1.54, 1.807) is 4.90 Å². The first-order chi connectivity index (χ1) is 12.1. The van der Waals surface area contributed by atoms with Crippen molar-refractivity contribution >= 4 is 24.2 Å². The number of hydrogen-bond acceptors (Lipinski definition) is 3. The molecule has 142 valence electrons. The number of hydrogen-bond donors (Lipinski definition) is 1. The second-order valence-corrected chi connectivity index (χ2v) is 7.88. The van der Waals surface area contributed by atoms with Crippen LogP contribution in [0.2, 0.25) is 0 Å². The van der Waals surface area contributed by atoms with Gasteiger partial charge in [0.25, 0.3) is 5.91 Å². The van der Waals surface area contributed by atoms with Crippen LogP contribution < -0.4 is 5.32 Å². The summed E-state index contributed by atoms with van der Waals surface area (Å²) in [7, 11) is 0. The van der Waals surface area contributed by atoms with Crippen LogP contribution in [0.25, 0.3) is 0 Å². The van der Waals surface area contributed by atoms with E-state index >= 15 is 0 Å². The van der Waals surface area contributed by atoms with Gasteiger partial charge in [-0.2, -0.15) is 0 Å². The van der Waals surface area contributed by atoms with Crippen LogP contribution >= 0.6 is 12.4 Å². The van der Waals surface area contributed by atoms with Gasteiger partial charge in [0.2, 0.25) is 5.91 Å². The monoisotopic (exact) mass is 377 g/mol. The highest BCUT2D eigenvalue weighted by Crippen LogP contribution is 2.33. The lowest BCUT2D eigenvalue weighted by molar-refractivity contribution is -0.141. The standard InChI is InChI=1S/C20H27N3O2.ClH/c1-20(19(25)22-13-10-16-8-9-17(14-22)21-16)11-5-12-23(20)18(24)15-6-3-2-4-7-15;/h2-4,6-7,16-17,21H,5,8-14H2,1H3;1H. The molecule has 2 amide bonds. The van der Waals surface area contributed by atoms with E-state index in [0.717, 1.165) is 38.8 Å². The topological polar surface area (TPSA) is 52.7 Å². The van der Waals surface area contributed by atoms with Crippen molar-refractivity contribution in [1.29, 1.82) is 0 Å². The minimum absolute atomic E-state index is 0. The van der Waals surface area contributed by atoms with E-state index in [-0.39, 0.29) is 24.2 Å². The molecule has 3 heterocycles. The van der Waals surface area contributed by atoms with Gasteiger partial charge >= 0.3 is 0 Å². The Kier molecular flexibility index (Phi) is 5.58. The van der Waals surface area contributed by atoms with E-state index in [9.17, 15) is 9.59 Å². The molecule has 4 rings (SSSR count). The molecule has 3 aliphatic heterocycles. The summed E-state index contributed by atoms with van der Waals surface area (Å²) in [6.07, 6.45) is 5.03. The SMILES string of the molecule is CC1(C(=O)N2CCC3CCC(C2)N3)CCCN1C(=O)c1ccccc1.Cl. The summed E-state index contributed by atoms with van der Waals surface area (Å²) < 4.78 is 0. The van der Waals surface area contributed by atoms with Gasteiger partial charge in [0, 0.05) is 37.3 Å². The van der Waals surface area contributed by atoms with Crippen molar-refractivity contribution < 1.29 is 9.59 Å². The van der Waals surface area contributed by atoms with Crippen molar-refractivity contribution in [3.63, 3.8) is 0 Å². The number of nitrogens with one attached hydrogen (secondary N) is 1. The van der Waals surface area contributed by atoms with Gasteiger partial charge in [0.15, 0.2) is 0 Å². The van der Waals surface area contributed by atoms with Crippen molar-refractivity contribution in [2.45, 2.75) is 56.7 Å². The average Bonchev–Trinajstić information content (AvgIpc) is 3.17. The molecule has 5 nitrogen and oxygen atoms in total. The molecular formula is C20H28ClN3O2. The van der Waals surface area contributed by atoms with Crippen LogP contribution in [-0.4, -0.2) is 58.9 Å². The molecular weight excluding hydrogens is 350 g/mol. The summed E-state index contributed by atoms with van der Waals surface area (Å²) in [6, 6.07) is 10.3. The zero-order valence-corrected chi connectivity index (χ0v) is 16.1. The number of fused-ring (bicyclic) bond motifs is 2. The number of rotatable bonds is 2. The molecule has 1 aromatic carbocycles. The Morgan fingerprint density at radius 3 is 2.58 bits per heavy atom. The molecule has 0 aliphatic carbocycles. The lowest BCUT2D eigenvalue weighted by Gasteiger charge is -2.38. The van der Waals surface area contributed by atoms with E-state index in [4.69, 9.17) is 0 Å². The van der Waals surface area contributed by atoms with Crippen molar-refractivity contribution in [1.82, 2.24) is 15.1 Å². The van der Waals surface area contributed by atoms with Crippen LogP contribution in [0.4, 0.5) is 0 Å². The molecule has 6 heteroatoms. The number of halogens is 1. The molecule has 0 spiro atoms. The zero-order chi connectivity index (χ0) is 17.4. The Balaban J connectivity index is 0.00000196. The van der Waals surface area contributed by atoms with Crippen molar-refractivity contribution in [3.05, 3.63) is 35.9 Å². The summed E-state index contributed by atoms with van der Waals surface area (Å²) in [5, 5.41) is 3.63. The average molecular weight is 378 g/mol. The molecule has 3 fully saturated rings. The van der Waals surface area contributed by atoms with Crippen LogP contribution in [0.3, 0.4) is 0 Å². The number of benzene rings is 1. The second-order valence-electron chi connectivity index (χ2n) is 7.88. The van der Waals surface area contributed by atoms with Gasteiger partial charge in [-0.15, -0.1) is 12.4 Å². The highest BCUT2D eigenvalue weighted by atomic mass is 35.5. The summed E-state index contributed by atoms with van der Waals surface area (Å²) in [5.41, 5.74) is -0.0451. The van der Waals surface area contributed by atoms with Crippen LogP contribution in [0.15, 0.2) is 30.3 Å². The van der Waals surface area contributed by atoms with E-state index in [1.165, 1.54) is 6.42 Å². The van der Waals surface area contributed by atoms with E-state index < -0.39 is 5.54 Å². The fourth-order valence-corrected chi connectivity index (χ4v) is 4.72. The van der Waals surface area contributed by atoms with E-state index in [1.807, 2.05) is 42.2 Å². The number of nitrogens with zero attached hydrogens (tertiary/aromatic N) is 2. The predicted octanol–water partition coefficient (Wildman–Crippen LogP) is 2.46. The van der Waals surface area contributed by atoms with Gasteiger partial charge in [-0.3, -0.25) is 9.59 Å². The number of carbonyl (C=O) groups is 2. The summed E-state index contributed by atoms with van der Waals surface area (Å²) in [4.78, 5) is 30.2. The molecule has 3 atom stereocenters. The highest BCUT2D eigenvalue weighted by molar-refractivity contribution is 5.99. The summed E-state index contributed by atoms with van der Waals surface area (Å²) in [6.45, 7) is 4.20. The van der Waals surface area contributed by atoms with E-state index in [0.29, 0.717) is 24.2 Å². The molecule has 3 aliphatic rings. The number of amides is 2. The van der Waals surface area contributed by atoms with Gasteiger partial charge in [-0.1, -0.05) is 18.2 Å². The minimum Gasteiger partial charge on any atom is -0.339 e. The normalized spacial score (nSPS) is 30.7. The third kappa shape index (κ3) is 3.35. The fourth-order valence-electron chi connectivity index (χ4n) is 4.72. The lowest BCUT2D eigenvalue weighted by Crippen LogP contribution is -2.57. The Hall–Kier alpha value is -1.59. The van der Waals surface area contributed by atoms with Crippen LogP contribution in [-0.2, 0) is 4.79 Å². The second kappa shape index (κ2) is 7.57. The molecule has 0 saturated carbocycles. The molecule has 3 unspecified atom stereocenters. The third-order valence-corrected chi connectivity index (χ3v) is 6.18. The number of carbonyl (C=O) groups excluding carboxylic acids is 2. The molecule has 26 heavy (non-hydrogen) atoms. The van der Waals surface area contributed by atoms with Crippen LogP contribution in [0.1, 0.15) is 49.4 Å². The first-order valence-corrected chi connectivity index (χ1v) is 9.50. The molecule has 3 saturated heterocycles. The highest BCUT2D eigenvalue weighted by Gasteiger charge is 2.48. The van der Waals surface area contributed by atoms with Gasteiger partial charge < -0.3 is 15.1 Å². The maximum absolute atomic E-state index is 13.4. The first kappa shape index (κ1) is 19.2. The molecule has 1 aromatic rings. The predicted molar refractivity (Wildman–Crippen MR) is 104 cm³/mol. The Morgan fingerprint density at radius 1 is 1.08 bits per heavy atom. The van der Waals surface area contributed by atoms with Gasteiger partial charge in [0.05, 0.1) is 0 Å². The Labute approximate surface area is 161 Å². The lowest BCUT2D eigenvalue weighted by atomic mass is 9.95. The maximum atomic E-state index is 13.4.